The van der Waals surface area contributed by atoms with Gasteiger partial charge in [-0.1, -0.05) is 54.1 Å². The fourth-order valence-electron chi connectivity index (χ4n) is 3.03. The van der Waals surface area contributed by atoms with Crippen LogP contribution in [0.2, 0.25) is 0 Å². The molecule has 1 saturated heterocycles. The Hall–Kier alpha value is -1.95. The Morgan fingerprint density at radius 3 is 2.28 bits per heavy atom. The van der Waals surface area contributed by atoms with Crippen LogP contribution in [-0.2, 0) is 10.0 Å². The molecular weight excluding hydrogens is 332 g/mol. The number of nitrogens with zero attached hydrogens (tertiary/aromatic N) is 1. The lowest BCUT2D eigenvalue weighted by atomic mass is 10.2. The van der Waals surface area contributed by atoms with Crippen molar-refractivity contribution >= 4 is 16.1 Å². The molecule has 25 heavy (non-hydrogen) atoms. The van der Waals surface area contributed by atoms with Crippen LogP contribution in [0.1, 0.15) is 11.1 Å². The fraction of sp³-hybridized carbons (Fsp3) is 0.300. The van der Waals surface area contributed by atoms with Crippen molar-refractivity contribution in [1.29, 1.82) is 0 Å². The second kappa shape index (κ2) is 7.95. The van der Waals surface area contributed by atoms with E-state index in [1.165, 1.54) is 10.5 Å². The zero-order chi connectivity index (χ0) is 17.7. The highest BCUT2D eigenvalue weighted by Crippen LogP contribution is 2.16. The van der Waals surface area contributed by atoms with Crippen molar-refractivity contribution in [2.45, 2.75) is 11.8 Å². The van der Waals surface area contributed by atoms with Gasteiger partial charge < -0.3 is 4.90 Å². The zero-order valence-electron chi connectivity index (χ0n) is 14.6. The quantitative estimate of drug-likeness (QED) is 0.883. The minimum atomic E-state index is -3.36. The molecule has 1 fully saturated rings. The fourth-order valence-corrected chi connectivity index (χ4v) is 4.47. The van der Waals surface area contributed by atoms with Gasteiger partial charge in [-0.15, -0.1) is 0 Å². The van der Waals surface area contributed by atoms with Crippen molar-refractivity contribution in [3.63, 3.8) is 0 Å². The Kier molecular flexibility index (Phi) is 5.68. The number of rotatable bonds is 5. The Morgan fingerprint density at radius 2 is 1.64 bits per heavy atom. The Morgan fingerprint density at radius 1 is 1.00 bits per heavy atom. The van der Waals surface area contributed by atoms with Crippen molar-refractivity contribution in [2.24, 2.45) is 0 Å². The first-order chi connectivity index (χ1) is 12.1. The molecule has 0 saturated carbocycles. The monoisotopic (exact) mass is 357 g/mol. The van der Waals surface area contributed by atoms with Gasteiger partial charge in [-0.05, 0) is 30.7 Å². The molecule has 0 bridgehead atoms. The summed E-state index contributed by atoms with van der Waals surface area (Å²) in [5.41, 5.74) is 2.26. The molecule has 4 nitrogen and oxygen atoms in total. The van der Waals surface area contributed by atoms with E-state index in [0.29, 0.717) is 18.0 Å². The van der Waals surface area contributed by atoms with E-state index in [4.69, 9.17) is 0 Å². The van der Waals surface area contributed by atoms with Gasteiger partial charge in [0.2, 0.25) is 10.0 Å². The highest BCUT2D eigenvalue weighted by atomic mass is 32.2. The van der Waals surface area contributed by atoms with Crippen LogP contribution in [0.4, 0.5) is 0 Å². The van der Waals surface area contributed by atoms with Gasteiger partial charge in [0, 0.05) is 0 Å². The third-order valence-corrected chi connectivity index (χ3v) is 6.52. The number of aryl methyl sites for hydroxylation is 1. The lowest BCUT2D eigenvalue weighted by molar-refractivity contribution is -0.897. The largest absolute Gasteiger partial charge is 0.329 e. The molecule has 0 atom stereocenters. The number of hydrogen-bond acceptors (Lipinski definition) is 2. The summed E-state index contributed by atoms with van der Waals surface area (Å²) in [5, 5.41) is 0. The van der Waals surface area contributed by atoms with Crippen molar-refractivity contribution in [2.75, 3.05) is 32.7 Å². The SMILES string of the molecule is Cc1ccc(S(=O)(=O)N2CC[NH+](CC=Cc3ccccc3)CC2)cc1. The molecule has 0 spiro atoms. The Balaban J connectivity index is 1.54. The molecule has 5 heteroatoms. The lowest BCUT2D eigenvalue weighted by Gasteiger charge is -2.31. The third kappa shape index (κ3) is 4.57. The minimum Gasteiger partial charge on any atom is -0.329 e. The average Bonchev–Trinajstić information content (AvgIpc) is 2.63. The summed E-state index contributed by atoms with van der Waals surface area (Å²) < 4.78 is 27.0. The molecular formula is C20H25N2O2S+. The van der Waals surface area contributed by atoms with Crippen molar-refractivity contribution in [1.82, 2.24) is 4.31 Å². The van der Waals surface area contributed by atoms with Gasteiger partial charge in [0.1, 0.15) is 0 Å². The zero-order valence-corrected chi connectivity index (χ0v) is 15.4. The highest BCUT2D eigenvalue weighted by Gasteiger charge is 2.29. The smallest absolute Gasteiger partial charge is 0.243 e. The van der Waals surface area contributed by atoms with E-state index in [9.17, 15) is 8.42 Å². The molecule has 1 aliphatic heterocycles. The molecule has 0 unspecified atom stereocenters. The maximum atomic E-state index is 12.7. The number of quaternary nitrogens is 1. The molecule has 0 aromatic heterocycles. The molecule has 1 heterocycles. The van der Waals surface area contributed by atoms with E-state index in [2.05, 4.69) is 24.3 Å². The lowest BCUT2D eigenvalue weighted by Crippen LogP contribution is -3.14. The number of sulfonamides is 1. The normalized spacial score (nSPS) is 17.2. The second-order valence-corrected chi connectivity index (χ2v) is 8.42. The summed E-state index contributed by atoms with van der Waals surface area (Å²) in [4.78, 5) is 1.81. The number of nitrogens with one attached hydrogen (secondary N) is 1. The Labute approximate surface area is 150 Å². The highest BCUT2D eigenvalue weighted by molar-refractivity contribution is 7.89. The van der Waals surface area contributed by atoms with Crippen LogP contribution in [0, 0.1) is 6.92 Å². The summed E-state index contributed by atoms with van der Waals surface area (Å²) in [6.45, 7) is 5.71. The molecule has 0 amide bonds. The van der Waals surface area contributed by atoms with Crippen molar-refractivity contribution in [3.8, 4) is 0 Å². The van der Waals surface area contributed by atoms with E-state index >= 15 is 0 Å². The van der Waals surface area contributed by atoms with Crippen LogP contribution in [-0.4, -0.2) is 45.4 Å². The van der Waals surface area contributed by atoms with Crippen molar-refractivity contribution in [3.05, 3.63) is 71.8 Å². The summed E-state index contributed by atoms with van der Waals surface area (Å²) in [7, 11) is -3.36. The summed E-state index contributed by atoms with van der Waals surface area (Å²) in [6, 6.07) is 17.3. The second-order valence-electron chi connectivity index (χ2n) is 6.48. The van der Waals surface area contributed by atoms with E-state index in [1.807, 2.05) is 37.3 Å². The third-order valence-electron chi connectivity index (χ3n) is 4.60. The topological polar surface area (TPSA) is 41.8 Å². The molecule has 2 aromatic rings. The maximum Gasteiger partial charge on any atom is 0.243 e. The van der Waals surface area contributed by atoms with Gasteiger partial charge in [-0.3, -0.25) is 0 Å². The van der Waals surface area contributed by atoms with Crippen LogP contribution in [0.25, 0.3) is 6.08 Å². The molecule has 3 rings (SSSR count). The average molecular weight is 357 g/mol. The molecule has 1 aliphatic rings. The van der Waals surface area contributed by atoms with Crippen LogP contribution in [0.5, 0.6) is 0 Å². The summed E-state index contributed by atoms with van der Waals surface area (Å²) >= 11 is 0. The van der Waals surface area contributed by atoms with Gasteiger partial charge in [0.25, 0.3) is 0 Å². The van der Waals surface area contributed by atoms with Crippen molar-refractivity contribution < 1.29 is 13.3 Å². The van der Waals surface area contributed by atoms with E-state index < -0.39 is 10.0 Å². The summed E-state index contributed by atoms with van der Waals surface area (Å²) in [6.07, 6.45) is 4.30. The van der Waals surface area contributed by atoms with Gasteiger partial charge in [0.05, 0.1) is 37.6 Å². The minimum absolute atomic E-state index is 0.394. The predicted octanol–water partition coefficient (Wildman–Crippen LogP) is 1.60. The standard InChI is InChI=1S/C20H24N2O2S/c1-18-9-11-20(12-10-18)25(23,24)22-16-14-21(15-17-22)13-5-8-19-6-3-2-4-7-19/h2-12H,13-17H2,1H3/p+1. The number of hydrogen-bond donors (Lipinski definition) is 1. The Bertz CT molecular complexity index is 807. The van der Waals surface area contributed by atoms with Gasteiger partial charge in [-0.25, -0.2) is 8.42 Å². The van der Waals surface area contributed by atoms with E-state index in [1.54, 1.807) is 16.4 Å². The molecule has 0 radical (unpaired) electrons. The number of benzene rings is 2. The van der Waals surface area contributed by atoms with Crippen LogP contribution < -0.4 is 4.90 Å². The van der Waals surface area contributed by atoms with Crippen LogP contribution in [0.15, 0.2) is 65.6 Å². The first kappa shape index (κ1) is 17.9. The molecule has 2 aromatic carbocycles. The van der Waals surface area contributed by atoms with E-state index in [-0.39, 0.29) is 0 Å². The molecule has 0 aliphatic carbocycles. The first-order valence-corrected chi connectivity index (χ1v) is 10.1. The van der Waals surface area contributed by atoms with Gasteiger partial charge >= 0.3 is 0 Å². The van der Waals surface area contributed by atoms with Crippen LogP contribution >= 0.6 is 0 Å². The summed E-state index contributed by atoms with van der Waals surface area (Å²) in [5.74, 6) is 0. The molecule has 1 N–H and O–H groups in total. The first-order valence-electron chi connectivity index (χ1n) is 8.68. The molecule has 132 valence electrons. The van der Waals surface area contributed by atoms with Gasteiger partial charge in [0.15, 0.2) is 0 Å². The predicted molar refractivity (Wildman–Crippen MR) is 101 cm³/mol. The maximum absolute atomic E-state index is 12.7. The number of piperazine rings is 1. The van der Waals surface area contributed by atoms with E-state index in [0.717, 1.165) is 25.2 Å². The van der Waals surface area contributed by atoms with Crippen LogP contribution in [0.3, 0.4) is 0 Å². The van der Waals surface area contributed by atoms with Gasteiger partial charge in [-0.2, -0.15) is 4.31 Å².